The fraction of sp³-hybridized carbons (Fsp3) is 0.385. The molecular formula is C13H18N4O3. The molecule has 0 aromatic heterocycles. The Morgan fingerprint density at radius 2 is 2.20 bits per heavy atom. The fourth-order valence-electron chi connectivity index (χ4n) is 1.47. The summed E-state index contributed by atoms with van der Waals surface area (Å²) in [5.74, 6) is 0.449. The monoisotopic (exact) mass is 278 g/mol. The summed E-state index contributed by atoms with van der Waals surface area (Å²) in [6.07, 6.45) is -0.713. The van der Waals surface area contributed by atoms with Crippen molar-refractivity contribution in [3.63, 3.8) is 0 Å². The van der Waals surface area contributed by atoms with Crippen LogP contribution in [0.25, 0.3) is 0 Å². The Morgan fingerprint density at radius 1 is 1.45 bits per heavy atom. The van der Waals surface area contributed by atoms with Crippen LogP contribution in [-0.4, -0.2) is 43.5 Å². The normalized spacial score (nSPS) is 11.4. The maximum absolute atomic E-state index is 10.4. The number of para-hydroxylation sites is 1. The zero-order valence-corrected chi connectivity index (χ0v) is 11.0. The van der Waals surface area contributed by atoms with Crippen LogP contribution in [0.1, 0.15) is 5.56 Å². The summed E-state index contributed by atoms with van der Waals surface area (Å²) in [6, 6.07) is 8.27. The molecule has 0 saturated carbocycles. The minimum absolute atomic E-state index is 0.0783. The van der Waals surface area contributed by atoms with Crippen LogP contribution in [0.15, 0.2) is 24.3 Å². The Labute approximate surface area is 117 Å². The lowest BCUT2D eigenvalue weighted by atomic mass is 10.2. The predicted molar refractivity (Wildman–Crippen MR) is 73.1 cm³/mol. The maximum Gasteiger partial charge on any atom is 0.312 e. The summed E-state index contributed by atoms with van der Waals surface area (Å²) in [4.78, 5) is 10.4. The van der Waals surface area contributed by atoms with Gasteiger partial charge in [0.25, 0.3) is 0 Å². The number of carbonyl (C=O) groups excluding carboxylic acids is 1. The molecule has 1 aromatic rings. The van der Waals surface area contributed by atoms with Crippen molar-refractivity contribution in [1.29, 1.82) is 5.26 Å². The van der Waals surface area contributed by atoms with E-state index in [1.54, 1.807) is 24.3 Å². The highest BCUT2D eigenvalue weighted by atomic mass is 16.5. The predicted octanol–water partition coefficient (Wildman–Crippen LogP) is -0.444. The van der Waals surface area contributed by atoms with E-state index in [1.165, 1.54) is 0 Å². The second-order valence-electron chi connectivity index (χ2n) is 4.07. The van der Waals surface area contributed by atoms with Crippen LogP contribution < -0.4 is 21.1 Å². The third-order valence-corrected chi connectivity index (χ3v) is 2.42. The van der Waals surface area contributed by atoms with Gasteiger partial charge in [-0.2, -0.15) is 5.26 Å². The molecule has 0 spiro atoms. The quantitative estimate of drug-likeness (QED) is 0.480. The van der Waals surface area contributed by atoms with E-state index >= 15 is 0 Å². The first-order valence-corrected chi connectivity index (χ1v) is 6.17. The Kier molecular flexibility index (Phi) is 6.89. The number of ether oxygens (including phenoxy) is 1. The lowest BCUT2D eigenvalue weighted by Crippen LogP contribution is -2.38. The van der Waals surface area contributed by atoms with Gasteiger partial charge in [-0.1, -0.05) is 12.1 Å². The topological polar surface area (TPSA) is 120 Å². The van der Waals surface area contributed by atoms with Crippen molar-refractivity contribution in [2.75, 3.05) is 26.2 Å². The molecule has 0 fully saturated rings. The number of aliphatic hydroxyl groups excluding tert-OH is 1. The third-order valence-electron chi connectivity index (χ3n) is 2.42. The number of primary amides is 1. The van der Waals surface area contributed by atoms with Crippen LogP contribution in [0.4, 0.5) is 4.79 Å². The van der Waals surface area contributed by atoms with Crippen molar-refractivity contribution in [2.24, 2.45) is 5.73 Å². The van der Waals surface area contributed by atoms with Crippen molar-refractivity contribution >= 4 is 6.03 Å². The molecule has 0 aliphatic heterocycles. The van der Waals surface area contributed by atoms with E-state index in [2.05, 4.69) is 10.6 Å². The van der Waals surface area contributed by atoms with Crippen molar-refractivity contribution < 1.29 is 14.6 Å². The van der Waals surface area contributed by atoms with Gasteiger partial charge in [0.1, 0.15) is 24.5 Å². The molecular weight excluding hydrogens is 260 g/mol. The molecule has 1 rings (SSSR count). The Morgan fingerprint density at radius 3 is 2.90 bits per heavy atom. The first-order valence-electron chi connectivity index (χ1n) is 6.17. The van der Waals surface area contributed by atoms with Crippen LogP contribution in [0.2, 0.25) is 0 Å². The van der Waals surface area contributed by atoms with Crippen LogP contribution in [0.5, 0.6) is 5.75 Å². The smallest absolute Gasteiger partial charge is 0.312 e. The fourth-order valence-corrected chi connectivity index (χ4v) is 1.47. The van der Waals surface area contributed by atoms with E-state index in [1.807, 2.05) is 6.07 Å². The van der Waals surface area contributed by atoms with E-state index in [4.69, 9.17) is 15.7 Å². The lowest BCUT2D eigenvalue weighted by molar-refractivity contribution is 0.106. The number of nitrogens with one attached hydrogen (secondary N) is 2. The van der Waals surface area contributed by atoms with Gasteiger partial charge in [0, 0.05) is 19.6 Å². The lowest BCUT2D eigenvalue weighted by Gasteiger charge is -2.14. The Bertz CT molecular complexity index is 473. The maximum atomic E-state index is 10.4. The highest BCUT2D eigenvalue weighted by Gasteiger charge is 2.07. The number of benzene rings is 1. The third kappa shape index (κ3) is 6.04. The molecule has 0 unspecified atom stereocenters. The zero-order valence-electron chi connectivity index (χ0n) is 11.0. The van der Waals surface area contributed by atoms with E-state index in [-0.39, 0.29) is 6.61 Å². The van der Waals surface area contributed by atoms with Gasteiger partial charge in [-0.15, -0.1) is 0 Å². The minimum Gasteiger partial charge on any atom is -0.489 e. The number of rotatable bonds is 8. The summed E-state index contributed by atoms with van der Waals surface area (Å²) >= 11 is 0. The van der Waals surface area contributed by atoms with Gasteiger partial charge in [0.2, 0.25) is 0 Å². The van der Waals surface area contributed by atoms with Crippen LogP contribution in [0, 0.1) is 11.3 Å². The molecule has 0 heterocycles. The highest BCUT2D eigenvalue weighted by Crippen LogP contribution is 2.16. The van der Waals surface area contributed by atoms with Gasteiger partial charge in [0.05, 0.1) is 5.56 Å². The average Bonchev–Trinajstić information content (AvgIpc) is 2.44. The van der Waals surface area contributed by atoms with Crippen LogP contribution in [0.3, 0.4) is 0 Å². The molecule has 20 heavy (non-hydrogen) atoms. The van der Waals surface area contributed by atoms with Crippen molar-refractivity contribution in [3.8, 4) is 11.8 Å². The Hall–Kier alpha value is -2.30. The van der Waals surface area contributed by atoms with Gasteiger partial charge in [-0.05, 0) is 12.1 Å². The molecule has 0 bridgehead atoms. The van der Waals surface area contributed by atoms with E-state index < -0.39 is 12.1 Å². The molecule has 1 atom stereocenters. The number of amides is 2. The molecule has 0 radical (unpaired) electrons. The van der Waals surface area contributed by atoms with Gasteiger partial charge in [-0.25, -0.2) is 4.79 Å². The minimum atomic E-state index is -0.713. The molecule has 0 aliphatic carbocycles. The summed E-state index contributed by atoms with van der Waals surface area (Å²) < 4.78 is 5.38. The highest BCUT2D eigenvalue weighted by molar-refractivity contribution is 5.71. The molecule has 2 amide bonds. The second-order valence-corrected chi connectivity index (χ2v) is 4.07. The van der Waals surface area contributed by atoms with Crippen LogP contribution >= 0.6 is 0 Å². The average molecular weight is 278 g/mol. The molecule has 5 N–H and O–H groups in total. The van der Waals surface area contributed by atoms with Crippen molar-refractivity contribution in [3.05, 3.63) is 29.8 Å². The summed E-state index contributed by atoms with van der Waals surface area (Å²) in [7, 11) is 0. The molecule has 0 aliphatic rings. The number of urea groups is 1. The van der Waals surface area contributed by atoms with E-state index in [0.29, 0.717) is 30.9 Å². The first-order chi connectivity index (χ1) is 9.63. The number of hydrogen-bond donors (Lipinski definition) is 4. The molecule has 1 aromatic carbocycles. The standard InChI is InChI=1S/C13H18N4O3/c14-7-10-3-1-2-4-12(10)20-9-11(18)8-16-5-6-17-13(15)19/h1-4,11,16,18H,5-6,8-9H2,(H3,15,17,19)/t11-/m1/s1. The van der Waals surface area contributed by atoms with Crippen molar-refractivity contribution in [1.82, 2.24) is 10.6 Å². The molecule has 0 saturated heterocycles. The largest absolute Gasteiger partial charge is 0.489 e. The number of aliphatic hydroxyl groups is 1. The number of nitriles is 1. The van der Waals surface area contributed by atoms with E-state index in [9.17, 15) is 9.90 Å². The van der Waals surface area contributed by atoms with E-state index in [0.717, 1.165) is 0 Å². The Balaban J connectivity index is 2.21. The summed E-state index contributed by atoms with van der Waals surface area (Å²) in [5, 5.41) is 23.9. The van der Waals surface area contributed by atoms with Gasteiger partial charge < -0.3 is 26.2 Å². The zero-order chi connectivity index (χ0) is 14.8. The van der Waals surface area contributed by atoms with Gasteiger partial charge in [0.15, 0.2) is 0 Å². The number of hydrogen-bond acceptors (Lipinski definition) is 5. The van der Waals surface area contributed by atoms with Crippen molar-refractivity contribution in [2.45, 2.75) is 6.10 Å². The van der Waals surface area contributed by atoms with Gasteiger partial charge >= 0.3 is 6.03 Å². The van der Waals surface area contributed by atoms with Crippen LogP contribution in [-0.2, 0) is 0 Å². The first kappa shape index (κ1) is 15.8. The second kappa shape index (κ2) is 8.74. The number of carbonyl (C=O) groups is 1. The molecule has 108 valence electrons. The number of nitrogens with zero attached hydrogens (tertiary/aromatic N) is 1. The summed E-state index contributed by atoms with van der Waals surface area (Å²) in [6.45, 7) is 1.28. The SMILES string of the molecule is N#Cc1ccccc1OC[C@H](O)CNCCNC(N)=O. The van der Waals surface area contributed by atoms with Gasteiger partial charge in [-0.3, -0.25) is 0 Å². The summed E-state index contributed by atoms with van der Waals surface area (Å²) in [5.41, 5.74) is 5.33. The molecule has 7 heteroatoms. The molecule has 7 nitrogen and oxygen atoms in total. The number of nitrogens with two attached hydrogens (primary N) is 1.